The molecule has 3 aromatic rings. The minimum absolute atomic E-state index is 0.166. The molecule has 0 radical (unpaired) electrons. The number of H-pyrrole nitrogens is 1. The van der Waals surface area contributed by atoms with Crippen LogP contribution in [0.4, 0.5) is 0 Å². The Bertz CT molecular complexity index is 1370. The van der Waals surface area contributed by atoms with Gasteiger partial charge in [-0.2, -0.15) is 4.31 Å². The Morgan fingerprint density at radius 2 is 1.78 bits per heavy atom. The zero-order chi connectivity index (χ0) is 23.6. The molecule has 0 bridgehead atoms. The highest BCUT2D eigenvalue weighted by Gasteiger charge is 2.22. The molecule has 0 fully saturated rings. The number of carbonyl (C=O) groups is 1. The van der Waals surface area contributed by atoms with E-state index < -0.39 is 21.3 Å². The van der Waals surface area contributed by atoms with Crippen molar-refractivity contribution in [2.75, 3.05) is 7.05 Å². The molecule has 0 saturated heterocycles. The lowest BCUT2D eigenvalue weighted by Crippen LogP contribution is -2.34. The number of hydrogen-bond donors (Lipinski definition) is 2. The number of nitrogens with zero attached hydrogens (tertiary/aromatic N) is 2. The van der Waals surface area contributed by atoms with Crippen molar-refractivity contribution >= 4 is 26.8 Å². The van der Waals surface area contributed by atoms with Crippen LogP contribution >= 0.6 is 0 Å². The van der Waals surface area contributed by atoms with Crippen LogP contribution in [0.25, 0.3) is 10.9 Å². The molecule has 10 heteroatoms. The third-order valence-electron chi connectivity index (χ3n) is 5.34. The molecular formula is C22H26N4O5S. The Balaban J connectivity index is 1.75. The van der Waals surface area contributed by atoms with Crippen LogP contribution in [0.1, 0.15) is 36.7 Å². The lowest BCUT2D eigenvalue weighted by Gasteiger charge is -2.21. The zero-order valence-electron chi connectivity index (χ0n) is 18.4. The van der Waals surface area contributed by atoms with E-state index in [9.17, 15) is 22.8 Å². The molecule has 2 aromatic carbocycles. The summed E-state index contributed by atoms with van der Waals surface area (Å²) in [4.78, 5) is 39.7. The Morgan fingerprint density at radius 3 is 2.38 bits per heavy atom. The first kappa shape index (κ1) is 23.4. The van der Waals surface area contributed by atoms with Crippen LogP contribution < -0.4 is 16.6 Å². The summed E-state index contributed by atoms with van der Waals surface area (Å²) >= 11 is 0. The number of carbonyl (C=O) groups excluding carboxylic acids is 1. The predicted octanol–water partition coefficient (Wildman–Crippen LogP) is 1.67. The van der Waals surface area contributed by atoms with Gasteiger partial charge >= 0.3 is 5.69 Å². The van der Waals surface area contributed by atoms with Gasteiger partial charge in [-0.15, -0.1) is 0 Å². The molecule has 0 spiro atoms. The summed E-state index contributed by atoms with van der Waals surface area (Å²) in [5, 5.41) is 3.08. The van der Waals surface area contributed by atoms with Crippen LogP contribution in [0.15, 0.2) is 56.9 Å². The molecule has 2 N–H and O–H groups in total. The van der Waals surface area contributed by atoms with Crippen molar-refractivity contribution in [2.24, 2.45) is 0 Å². The third kappa shape index (κ3) is 4.51. The number of aromatic nitrogens is 2. The van der Waals surface area contributed by atoms with E-state index in [1.54, 1.807) is 32.9 Å². The maximum Gasteiger partial charge on any atom is 0.328 e. The number of hydrogen-bond acceptors (Lipinski definition) is 5. The molecule has 170 valence electrons. The average Bonchev–Trinajstić information content (AvgIpc) is 2.77. The molecule has 0 atom stereocenters. The average molecular weight is 459 g/mol. The molecule has 1 aromatic heterocycles. The number of benzene rings is 2. The van der Waals surface area contributed by atoms with Crippen LogP contribution in [0.5, 0.6) is 0 Å². The second kappa shape index (κ2) is 9.09. The summed E-state index contributed by atoms with van der Waals surface area (Å²) in [6.07, 6.45) is 0. The van der Waals surface area contributed by atoms with E-state index >= 15 is 0 Å². The second-order valence-electron chi connectivity index (χ2n) is 7.68. The number of nitrogens with one attached hydrogen (secondary N) is 2. The molecular weight excluding hydrogens is 432 g/mol. The van der Waals surface area contributed by atoms with Crippen molar-refractivity contribution in [1.29, 1.82) is 0 Å². The van der Waals surface area contributed by atoms with Gasteiger partial charge in [-0.25, -0.2) is 13.2 Å². The van der Waals surface area contributed by atoms with Gasteiger partial charge in [0.25, 0.3) is 11.5 Å². The van der Waals surface area contributed by atoms with Crippen molar-refractivity contribution < 1.29 is 13.2 Å². The highest BCUT2D eigenvalue weighted by atomic mass is 32.2. The van der Waals surface area contributed by atoms with Crippen molar-refractivity contribution in [3.63, 3.8) is 0 Å². The van der Waals surface area contributed by atoms with E-state index in [1.165, 1.54) is 41.7 Å². The molecule has 1 heterocycles. The van der Waals surface area contributed by atoms with Crippen LogP contribution in [-0.2, 0) is 23.1 Å². The maximum atomic E-state index is 12.6. The normalized spacial score (nSPS) is 11.9. The largest absolute Gasteiger partial charge is 0.348 e. The van der Waals surface area contributed by atoms with E-state index in [2.05, 4.69) is 10.3 Å². The summed E-state index contributed by atoms with van der Waals surface area (Å²) in [5.41, 5.74) is 0.377. The van der Waals surface area contributed by atoms with Crippen molar-refractivity contribution in [3.05, 3.63) is 74.4 Å². The van der Waals surface area contributed by atoms with E-state index in [0.717, 1.165) is 10.1 Å². The minimum atomic E-state index is -3.57. The first-order valence-electron chi connectivity index (χ1n) is 10.2. The fourth-order valence-corrected chi connectivity index (χ4v) is 4.56. The second-order valence-corrected chi connectivity index (χ2v) is 9.68. The summed E-state index contributed by atoms with van der Waals surface area (Å²) in [5.74, 6) is -0.386. The molecule has 0 aliphatic rings. The van der Waals surface area contributed by atoms with E-state index in [0.29, 0.717) is 16.5 Å². The quantitative estimate of drug-likeness (QED) is 0.558. The summed E-state index contributed by atoms with van der Waals surface area (Å²) in [6, 6.07) is 10.6. The fraction of sp³-hybridized carbons (Fsp3) is 0.318. The van der Waals surface area contributed by atoms with E-state index in [-0.39, 0.29) is 29.9 Å². The predicted molar refractivity (Wildman–Crippen MR) is 122 cm³/mol. The van der Waals surface area contributed by atoms with Crippen molar-refractivity contribution in [3.8, 4) is 0 Å². The molecule has 32 heavy (non-hydrogen) atoms. The SMILES string of the molecule is CCn1c(=O)[nH]c2cc(C(=O)NCc3ccc(S(=O)(=O)N(C)C(C)C)cc3)ccc2c1=O. The maximum absolute atomic E-state index is 12.6. The molecule has 9 nitrogen and oxygen atoms in total. The number of rotatable bonds is 7. The standard InChI is InChI=1S/C22H26N4O5S/c1-5-26-21(28)18-11-8-16(12-19(18)24-22(26)29)20(27)23-13-15-6-9-17(10-7-15)32(30,31)25(4)14(2)3/h6-12,14H,5,13H2,1-4H3,(H,23,27)(H,24,29). The lowest BCUT2D eigenvalue weighted by molar-refractivity contribution is 0.0951. The topological polar surface area (TPSA) is 121 Å². The zero-order valence-corrected chi connectivity index (χ0v) is 19.2. The Kier molecular flexibility index (Phi) is 6.65. The Hall–Kier alpha value is -3.24. The highest BCUT2D eigenvalue weighted by Crippen LogP contribution is 2.17. The first-order valence-corrected chi connectivity index (χ1v) is 11.6. The number of fused-ring (bicyclic) bond motifs is 1. The number of aromatic amines is 1. The minimum Gasteiger partial charge on any atom is -0.348 e. The number of amides is 1. The molecule has 3 rings (SSSR count). The van der Waals surface area contributed by atoms with Gasteiger partial charge in [0, 0.05) is 31.7 Å². The smallest absolute Gasteiger partial charge is 0.328 e. The molecule has 0 aliphatic heterocycles. The van der Waals surface area contributed by atoms with Gasteiger partial charge in [-0.1, -0.05) is 12.1 Å². The number of sulfonamides is 1. The third-order valence-corrected chi connectivity index (χ3v) is 7.39. The summed E-state index contributed by atoms with van der Waals surface area (Å²) in [6.45, 7) is 5.73. The van der Waals surface area contributed by atoms with Gasteiger partial charge in [0.05, 0.1) is 15.8 Å². The Labute approximate surface area is 185 Å². The van der Waals surface area contributed by atoms with Crippen LogP contribution in [0, 0.1) is 0 Å². The van der Waals surface area contributed by atoms with Crippen LogP contribution in [-0.4, -0.2) is 41.3 Å². The molecule has 0 unspecified atom stereocenters. The van der Waals surface area contributed by atoms with Gasteiger partial charge in [0.2, 0.25) is 10.0 Å². The van der Waals surface area contributed by atoms with Gasteiger partial charge in [-0.05, 0) is 56.7 Å². The van der Waals surface area contributed by atoms with Crippen molar-refractivity contribution in [2.45, 2.75) is 44.8 Å². The lowest BCUT2D eigenvalue weighted by atomic mass is 10.1. The summed E-state index contributed by atoms with van der Waals surface area (Å²) in [7, 11) is -2.04. The Morgan fingerprint density at radius 1 is 1.12 bits per heavy atom. The van der Waals surface area contributed by atoms with Crippen molar-refractivity contribution in [1.82, 2.24) is 19.2 Å². The summed E-state index contributed by atoms with van der Waals surface area (Å²) < 4.78 is 27.5. The van der Waals surface area contributed by atoms with Gasteiger partial charge in [-0.3, -0.25) is 14.2 Å². The first-order chi connectivity index (χ1) is 15.1. The highest BCUT2D eigenvalue weighted by molar-refractivity contribution is 7.89. The van der Waals surface area contributed by atoms with Crippen LogP contribution in [0.3, 0.4) is 0 Å². The molecule has 0 saturated carbocycles. The monoisotopic (exact) mass is 458 g/mol. The van der Waals surface area contributed by atoms with Gasteiger partial charge < -0.3 is 10.3 Å². The van der Waals surface area contributed by atoms with E-state index in [4.69, 9.17) is 0 Å². The van der Waals surface area contributed by atoms with Crippen LogP contribution in [0.2, 0.25) is 0 Å². The fourth-order valence-electron chi connectivity index (χ4n) is 3.19. The van der Waals surface area contributed by atoms with Gasteiger partial charge in [0.1, 0.15) is 0 Å². The van der Waals surface area contributed by atoms with Gasteiger partial charge in [0.15, 0.2) is 0 Å². The van der Waals surface area contributed by atoms with E-state index in [1.807, 2.05) is 0 Å². The molecule has 1 amide bonds. The molecule has 0 aliphatic carbocycles.